The molecule has 2 heterocycles. The number of hydrogen-bond acceptors (Lipinski definition) is 5. The van der Waals surface area contributed by atoms with Gasteiger partial charge in [0.25, 0.3) is 0 Å². The van der Waals surface area contributed by atoms with E-state index in [0.29, 0.717) is 11.8 Å². The Morgan fingerprint density at radius 1 is 0.844 bits per heavy atom. The molecule has 3 N–H and O–H groups in total. The first-order valence-electron chi connectivity index (χ1n) is 8.70. The Morgan fingerprint density at radius 2 is 1.38 bits per heavy atom. The molecule has 0 aliphatic carbocycles. The number of halogens is 3. The first-order chi connectivity index (χ1) is 14.8. The Kier molecular flexibility index (Phi) is 6.98. The molecule has 12 heteroatoms. The van der Waals surface area contributed by atoms with E-state index in [0.717, 1.165) is 23.0 Å². The fraction of sp³-hybridized carbons (Fsp3) is 0.150. The van der Waals surface area contributed by atoms with Gasteiger partial charge in [0.05, 0.1) is 28.5 Å². The standard InChI is InChI=1S/C11H8F3N3O2.C9H8O4/c1-6-2-8(11(12,13)14)4-15-9(6)17-5-7(3-16-17)10(18)19;1-5-2-6(8(10)11)4-7(3-5)9(12)13/h2-5H,1H3,(H,18,19);2-4H,1H3,(H,10,11)(H,12,13). The van der Waals surface area contributed by atoms with Crippen molar-refractivity contribution in [3.05, 3.63) is 76.2 Å². The topological polar surface area (TPSA) is 143 Å². The quantitative estimate of drug-likeness (QED) is 0.545. The number of benzene rings is 1. The lowest BCUT2D eigenvalue weighted by atomic mass is 10.1. The number of alkyl halides is 3. The van der Waals surface area contributed by atoms with Gasteiger partial charge in [-0.1, -0.05) is 0 Å². The van der Waals surface area contributed by atoms with Crippen LogP contribution in [0.1, 0.15) is 47.8 Å². The van der Waals surface area contributed by atoms with Crippen LogP contribution in [0, 0.1) is 13.8 Å². The van der Waals surface area contributed by atoms with E-state index >= 15 is 0 Å². The fourth-order valence-electron chi connectivity index (χ4n) is 2.54. The minimum absolute atomic E-state index is 0.00241. The van der Waals surface area contributed by atoms with Crippen LogP contribution in [0.15, 0.2) is 42.9 Å². The van der Waals surface area contributed by atoms with E-state index in [4.69, 9.17) is 15.3 Å². The third-order valence-electron chi connectivity index (χ3n) is 4.00. The summed E-state index contributed by atoms with van der Waals surface area (Å²) in [5.41, 5.74) is -0.0672. The van der Waals surface area contributed by atoms with Crippen LogP contribution in [0.2, 0.25) is 0 Å². The summed E-state index contributed by atoms with van der Waals surface area (Å²) < 4.78 is 38.5. The summed E-state index contributed by atoms with van der Waals surface area (Å²) >= 11 is 0. The first-order valence-corrected chi connectivity index (χ1v) is 8.70. The van der Waals surface area contributed by atoms with E-state index in [9.17, 15) is 27.6 Å². The molecule has 0 saturated heterocycles. The summed E-state index contributed by atoms with van der Waals surface area (Å²) in [6, 6.07) is 4.92. The summed E-state index contributed by atoms with van der Waals surface area (Å²) in [7, 11) is 0. The van der Waals surface area contributed by atoms with Gasteiger partial charge in [-0.05, 0) is 49.2 Å². The number of carboxylic acid groups (broad SMARTS) is 3. The maximum atomic E-state index is 12.5. The molecule has 0 aliphatic rings. The molecule has 0 spiro atoms. The van der Waals surface area contributed by atoms with Gasteiger partial charge in [-0.15, -0.1) is 0 Å². The lowest BCUT2D eigenvalue weighted by Crippen LogP contribution is -2.09. The van der Waals surface area contributed by atoms with Crippen molar-refractivity contribution < 1.29 is 42.9 Å². The monoisotopic (exact) mass is 451 g/mol. The molecule has 168 valence electrons. The van der Waals surface area contributed by atoms with E-state index < -0.39 is 29.6 Å². The molecule has 0 saturated carbocycles. The van der Waals surface area contributed by atoms with Crippen LogP contribution in [0.4, 0.5) is 13.2 Å². The number of nitrogens with zero attached hydrogens (tertiary/aromatic N) is 3. The molecule has 9 nitrogen and oxygen atoms in total. The summed E-state index contributed by atoms with van der Waals surface area (Å²) in [6.07, 6.45) is -1.50. The predicted octanol–water partition coefficient (Wildman–Crippen LogP) is 3.68. The van der Waals surface area contributed by atoms with Gasteiger partial charge in [0.2, 0.25) is 0 Å². The zero-order valence-electron chi connectivity index (χ0n) is 16.6. The van der Waals surface area contributed by atoms with E-state index in [-0.39, 0.29) is 28.1 Å². The highest BCUT2D eigenvalue weighted by Crippen LogP contribution is 2.30. The SMILES string of the molecule is Cc1cc(C(=O)O)cc(C(=O)O)c1.Cc1cc(C(F)(F)F)cnc1-n1cc(C(=O)O)cn1. The molecule has 0 radical (unpaired) electrons. The number of pyridine rings is 1. The van der Waals surface area contributed by atoms with Gasteiger partial charge in [0, 0.05) is 12.4 Å². The van der Waals surface area contributed by atoms with Crippen molar-refractivity contribution in [1.29, 1.82) is 0 Å². The van der Waals surface area contributed by atoms with Gasteiger partial charge >= 0.3 is 24.1 Å². The van der Waals surface area contributed by atoms with E-state index in [1.807, 2.05) is 0 Å². The van der Waals surface area contributed by atoms with Gasteiger partial charge < -0.3 is 15.3 Å². The lowest BCUT2D eigenvalue weighted by molar-refractivity contribution is -0.137. The average molecular weight is 451 g/mol. The maximum absolute atomic E-state index is 12.5. The molecular weight excluding hydrogens is 435 g/mol. The van der Waals surface area contributed by atoms with Crippen LogP contribution in [0.3, 0.4) is 0 Å². The number of aromatic nitrogens is 3. The van der Waals surface area contributed by atoms with Gasteiger partial charge in [-0.3, -0.25) is 0 Å². The van der Waals surface area contributed by atoms with Crippen LogP contribution in [0.5, 0.6) is 0 Å². The summed E-state index contributed by atoms with van der Waals surface area (Å²) in [4.78, 5) is 35.4. The number of aryl methyl sites for hydroxylation is 2. The number of rotatable bonds is 4. The number of hydrogen-bond donors (Lipinski definition) is 3. The number of aromatic carboxylic acids is 3. The summed E-state index contributed by atoms with van der Waals surface area (Å²) in [5, 5.41) is 29.7. The van der Waals surface area contributed by atoms with Crippen molar-refractivity contribution in [2.75, 3.05) is 0 Å². The smallest absolute Gasteiger partial charge is 0.417 e. The van der Waals surface area contributed by atoms with Crippen molar-refractivity contribution in [1.82, 2.24) is 14.8 Å². The molecule has 3 aromatic rings. The molecule has 3 rings (SSSR count). The number of carbonyl (C=O) groups is 3. The molecule has 0 fully saturated rings. The molecular formula is C20H16F3N3O6. The van der Waals surface area contributed by atoms with Crippen molar-refractivity contribution in [2.24, 2.45) is 0 Å². The second kappa shape index (κ2) is 9.29. The van der Waals surface area contributed by atoms with Crippen LogP contribution in [-0.2, 0) is 6.18 Å². The Hall–Kier alpha value is -4.22. The number of carboxylic acids is 3. The second-order valence-electron chi connectivity index (χ2n) is 6.54. The molecule has 0 aliphatic heterocycles. The zero-order chi connectivity index (χ0) is 24.2. The minimum atomic E-state index is -4.47. The molecule has 0 bridgehead atoms. The van der Waals surface area contributed by atoms with Crippen LogP contribution < -0.4 is 0 Å². The Bertz CT molecular complexity index is 1160. The van der Waals surface area contributed by atoms with Crippen LogP contribution in [0.25, 0.3) is 5.82 Å². The van der Waals surface area contributed by atoms with Gasteiger partial charge in [0.1, 0.15) is 0 Å². The Labute approximate surface area is 178 Å². The van der Waals surface area contributed by atoms with Gasteiger partial charge in [-0.2, -0.15) is 18.3 Å². The highest BCUT2D eigenvalue weighted by atomic mass is 19.4. The maximum Gasteiger partial charge on any atom is 0.417 e. The molecule has 0 atom stereocenters. The van der Waals surface area contributed by atoms with E-state index in [2.05, 4.69) is 10.1 Å². The summed E-state index contributed by atoms with van der Waals surface area (Å²) in [5.74, 6) is -3.26. The van der Waals surface area contributed by atoms with Crippen molar-refractivity contribution in [3.8, 4) is 5.82 Å². The second-order valence-corrected chi connectivity index (χ2v) is 6.54. The average Bonchev–Trinajstić information content (AvgIpc) is 3.17. The zero-order valence-corrected chi connectivity index (χ0v) is 16.6. The van der Waals surface area contributed by atoms with Crippen molar-refractivity contribution >= 4 is 17.9 Å². The molecule has 0 unspecified atom stereocenters. The van der Waals surface area contributed by atoms with Crippen molar-refractivity contribution in [2.45, 2.75) is 20.0 Å². The van der Waals surface area contributed by atoms with Gasteiger partial charge in [0.15, 0.2) is 5.82 Å². The first kappa shape index (κ1) is 24.1. The summed E-state index contributed by atoms with van der Waals surface area (Å²) in [6.45, 7) is 3.10. The normalized spacial score (nSPS) is 10.8. The minimum Gasteiger partial charge on any atom is -0.478 e. The van der Waals surface area contributed by atoms with E-state index in [1.54, 1.807) is 6.92 Å². The lowest BCUT2D eigenvalue weighted by Gasteiger charge is -2.09. The van der Waals surface area contributed by atoms with Crippen LogP contribution in [-0.4, -0.2) is 48.0 Å². The fourth-order valence-corrected chi connectivity index (χ4v) is 2.54. The molecule has 32 heavy (non-hydrogen) atoms. The third-order valence-corrected chi connectivity index (χ3v) is 4.00. The van der Waals surface area contributed by atoms with E-state index in [1.165, 1.54) is 25.3 Å². The van der Waals surface area contributed by atoms with Crippen LogP contribution >= 0.6 is 0 Å². The predicted molar refractivity (Wildman–Crippen MR) is 103 cm³/mol. The molecule has 0 amide bonds. The van der Waals surface area contributed by atoms with Crippen molar-refractivity contribution in [3.63, 3.8) is 0 Å². The highest BCUT2D eigenvalue weighted by molar-refractivity contribution is 5.94. The largest absolute Gasteiger partial charge is 0.478 e. The Balaban J connectivity index is 0.000000244. The third kappa shape index (κ3) is 5.90. The Morgan fingerprint density at radius 3 is 1.78 bits per heavy atom. The van der Waals surface area contributed by atoms with Gasteiger partial charge in [-0.25, -0.2) is 24.0 Å². The molecule has 2 aromatic heterocycles. The highest BCUT2D eigenvalue weighted by Gasteiger charge is 2.31. The molecule has 1 aromatic carbocycles.